The molecule has 0 saturated carbocycles. The largest absolute Gasteiger partial charge is 0.325 e. The number of nitrogens with zero attached hydrogens (tertiary/aromatic N) is 3. The number of halogens is 2. The lowest BCUT2D eigenvalue weighted by atomic mass is 10.3. The molecule has 0 saturated heterocycles. The van der Waals surface area contributed by atoms with E-state index in [-0.39, 0.29) is 16.7 Å². The Hall–Kier alpha value is -2.58. The van der Waals surface area contributed by atoms with Crippen LogP contribution in [0.3, 0.4) is 0 Å². The number of aromatic amines is 1. The van der Waals surface area contributed by atoms with Crippen molar-refractivity contribution >= 4 is 51.8 Å². The van der Waals surface area contributed by atoms with Crippen LogP contribution in [0.15, 0.2) is 47.6 Å². The summed E-state index contributed by atoms with van der Waals surface area (Å²) in [6, 6.07) is 11.7. The number of imidazole rings is 1. The molecule has 1 amide bonds. The second-order valence-electron chi connectivity index (χ2n) is 5.23. The van der Waals surface area contributed by atoms with Gasteiger partial charge < -0.3 is 5.32 Å². The Balaban J connectivity index is 1.50. The Labute approximate surface area is 150 Å². The Bertz CT molecular complexity index is 1090. The van der Waals surface area contributed by atoms with Gasteiger partial charge >= 0.3 is 0 Å². The van der Waals surface area contributed by atoms with Crippen LogP contribution >= 0.6 is 23.4 Å². The van der Waals surface area contributed by atoms with E-state index in [0.29, 0.717) is 16.6 Å². The molecule has 2 aromatic heterocycles. The average Bonchev–Trinajstić information content (AvgIpc) is 3.15. The Morgan fingerprint density at radius 2 is 2.16 bits per heavy atom. The lowest BCUT2D eigenvalue weighted by Gasteiger charge is -2.05. The number of aromatic nitrogens is 4. The lowest BCUT2D eigenvalue weighted by molar-refractivity contribution is -0.113. The highest BCUT2D eigenvalue weighted by Crippen LogP contribution is 2.23. The number of carbonyl (C=O) groups is 1. The second kappa shape index (κ2) is 6.38. The van der Waals surface area contributed by atoms with Crippen molar-refractivity contribution < 1.29 is 9.18 Å². The van der Waals surface area contributed by atoms with E-state index in [1.165, 1.54) is 30.0 Å². The number of fused-ring (bicyclic) bond motifs is 3. The van der Waals surface area contributed by atoms with E-state index in [1.54, 1.807) is 0 Å². The number of nitrogens with one attached hydrogen (secondary N) is 2. The van der Waals surface area contributed by atoms with Crippen LogP contribution in [0.1, 0.15) is 0 Å². The molecule has 0 aliphatic heterocycles. The molecule has 9 heteroatoms. The molecule has 0 spiro atoms. The summed E-state index contributed by atoms with van der Waals surface area (Å²) in [6.45, 7) is 0. The Morgan fingerprint density at radius 3 is 3.00 bits per heavy atom. The van der Waals surface area contributed by atoms with Gasteiger partial charge in [0.05, 0.1) is 21.8 Å². The maximum atomic E-state index is 13.1. The van der Waals surface area contributed by atoms with Gasteiger partial charge in [-0.1, -0.05) is 35.5 Å². The number of hydrogen-bond acceptors (Lipinski definition) is 4. The van der Waals surface area contributed by atoms with Gasteiger partial charge in [0, 0.05) is 5.69 Å². The van der Waals surface area contributed by atoms with Crippen LogP contribution in [0.2, 0.25) is 5.02 Å². The highest BCUT2D eigenvalue weighted by atomic mass is 35.5. The first-order chi connectivity index (χ1) is 12.1. The van der Waals surface area contributed by atoms with Crippen LogP contribution in [0, 0.1) is 5.82 Å². The SMILES string of the molecule is O=C(CSc1n[nH]c2nc3ccccc3n12)Nc1ccc(F)c(Cl)c1. The number of hydrogen-bond donors (Lipinski definition) is 2. The maximum absolute atomic E-state index is 13.1. The molecule has 0 aliphatic rings. The zero-order valence-corrected chi connectivity index (χ0v) is 14.2. The third kappa shape index (κ3) is 3.06. The molecule has 2 N–H and O–H groups in total. The summed E-state index contributed by atoms with van der Waals surface area (Å²) in [4.78, 5) is 16.5. The van der Waals surface area contributed by atoms with Crippen LogP contribution in [-0.4, -0.2) is 31.2 Å². The van der Waals surface area contributed by atoms with Crippen molar-refractivity contribution in [1.29, 1.82) is 0 Å². The first kappa shape index (κ1) is 15.9. The van der Waals surface area contributed by atoms with E-state index in [9.17, 15) is 9.18 Å². The zero-order chi connectivity index (χ0) is 17.4. The molecule has 4 aromatic rings. The number of H-pyrrole nitrogens is 1. The fourth-order valence-corrected chi connectivity index (χ4v) is 3.38. The van der Waals surface area contributed by atoms with Crippen molar-refractivity contribution in [2.75, 3.05) is 11.1 Å². The summed E-state index contributed by atoms with van der Waals surface area (Å²) in [5.41, 5.74) is 2.21. The van der Waals surface area contributed by atoms with Gasteiger partial charge in [-0.05, 0) is 30.3 Å². The summed E-state index contributed by atoms with van der Waals surface area (Å²) in [5.74, 6) is -0.0100. The number of rotatable bonds is 4. The molecule has 0 atom stereocenters. The fraction of sp³-hybridized carbons (Fsp3) is 0.0625. The lowest BCUT2D eigenvalue weighted by Crippen LogP contribution is -2.14. The minimum Gasteiger partial charge on any atom is -0.325 e. The Kier molecular flexibility index (Phi) is 4.06. The van der Waals surface area contributed by atoms with Gasteiger partial charge in [-0.25, -0.2) is 14.5 Å². The van der Waals surface area contributed by atoms with Gasteiger partial charge in [-0.2, -0.15) is 0 Å². The standard InChI is InChI=1S/C16H11ClFN5OS/c17-10-7-9(5-6-11(10)18)19-14(24)8-25-16-22-21-15-20-12-3-1-2-4-13(12)23(15)16/h1-7H,8H2,(H,19,24)(H,20,21). The van der Waals surface area contributed by atoms with Crippen molar-refractivity contribution in [3.63, 3.8) is 0 Å². The first-order valence-corrected chi connectivity index (χ1v) is 8.67. The number of thioether (sulfide) groups is 1. The molecule has 126 valence electrons. The first-order valence-electron chi connectivity index (χ1n) is 7.31. The van der Waals surface area contributed by atoms with E-state index in [0.717, 1.165) is 11.0 Å². The predicted molar refractivity (Wildman–Crippen MR) is 95.6 cm³/mol. The fourth-order valence-electron chi connectivity index (χ4n) is 2.44. The molecule has 25 heavy (non-hydrogen) atoms. The Morgan fingerprint density at radius 1 is 1.32 bits per heavy atom. The van der Waals surface area contributed by atoms with Crippen molar-refractivity contribution in [3.05, 3.63) is 53.3 Å². The highest BCUT2D eigenvalue weighted by molar-refractivity contribution is 7.99. The summed E-state index contributed by atoms with van der Waals surface area (Å²) in [6.07, 6.45) is 0. The van der Waals surface area contributed by atoms with E-state index in [1.807, 2.05) is 28.7 Å². The second-order valence-corrected chi connectivity index (χ2v) is 6.58. The topological polar surface area (TPSA) is 75.1 Å². The van der Waals surface area contributed by atoms with Crippen molar-refractivity contribution in [1.82, 2.24) is 19.6 Å². The number of benzene rings is 2. The number of para-hydroxylation sites is 2. The monoisotopic (exact) mass is 375 g/mol. The average molecular weight is 376 g/mol. The third-order valence-corrected chi connectivity index (χ3v) is 4.77. The van der Waals surface area contributed by atoms with Crippen LogP contribution in [0.5, 0.6) is 0 Å². The van der Waals surface area contributed by atoms with Gasteiger partial charge in [-0.15, -0.1) is 5.10 Å². The normalized spacial score (nSPS) is 11.3. The molecule has 6 nitrogen and oxygen atoms in total. The van der Waals surface area contributed by atoms with Gasteiger partial charge in [0.2, 0.25) is 11.7 Å². The predicted octanol–water partition coefficient (Wildman–Crippen LogP) is 3.73. The molecular weight excluding hydrogens is 365 g/mol. The molecule has 0 fully saturated rings. The zero-order valence-electron chi connectivity index (χ0n) is 12.7. The van der Waals surface area contributed by atoms with Crippen LogP contribution in [-0.2, 0) is 4.79 Å². The molecule has 0 radical (unpaired) electrons. The smallest absolute Gasteiger partial charge is 0.234 e. The summed E-state index contributed by atoms with van der Waals surface area (Å²) < 4.78 is 15.0. The van der Waals surface area contributed by atoms with Crippen LogP contribution < -0.4 is 5.32 Å². The third-order valence-electron chi connectivity index (χ3n) is 3.54. The van der Waals surface area contributed by atoms with Crippen LogP contribution in [0.25, 0.3) is 16.8 Å². The van der Waals surface area contributed by atoms with E-state index in [2.05, 4.69) is 20.5 Å². The molecular formula is C16H11ClFN5OS. The van der Waals surface area contributed by atoms with Crippen molar-refractivity contribution in [2.45, 2.75) is 5.16 Å². The van der Waals surface area contributed by atoms with Crippen molar-refractivity contribution in [2.24, 2.45) is 0 Å². The van der Waals surface area contributed by atoms with Crippen LogP contribution in [0.4, 0.5) is 10.1 Å². The highest BCUT2D eigenvalue weighted by Gasteiger charge is 2.13. The van der Waals surface area contributed by atoms with E-state index >= 15 is 0 Å². The summed E-state index contributed by atoms with van der Waals surface area (Å²) in [5, 5.41) is 10.3. The number of carbonyl (C=O) groups excluding carboxylic acids is 1. The molecule has 0 aliphatic carbocycles. The van der Waals surface area contributed by atoms with E-state index < -0.39 is 5.82 Å². The van der Waals surface area contributed by atoms with Gasteiger partial charge in [-0.3, -0.25) is 9.20 Å². The molecule has 2 aromatic carbocycles. The minimum atomic E-state index is -0.528. The maximum Gasteiger partial charge on any atom is 0.234 e. The van der Waals surface area contributed by atoms with Gasteiger partial charge in [0.1, 0.15) is 5.82 Å². The minimum absolute atomic E-state index is 0.0376. The summed E-state index contributed by atoms with van der Waals surface area (Å²) >= 11 is 6.98. The quantitative estimate of drug-likeness (QED) is 0.533. The van der Waals surface area contributed by atoms with Crippen molar-refractivity contribution in [3.8, 4) is 0 Å². The van der Waals surface area contributed by atoms with Gasteiger partial charge in [0.25, 0.3) is 0 Å². The summed E-state index contributed by atoms with van der Waals surface area (Å²) in [7, 11) is 0. The molecule has 4 rings (SSSR count). The van der Waals surface area contributed by atoms with Gasteiger partial charge in [0.15, 0.2) is 5.16 Å². The molecule has 2 heterocycles. The molecule has 0 bridgehead atoms. The number of amides is 1. The number of anilines is 1. The molecule has 0 unspecified atom stereocenters. The van der Waals surface area contributed by atoms with E-state index in [4.69, 9.17) is 11.6 Å².